The summed E-state index contributed by atoms with van der Waals surface area (Å²) < 4.78 is 12.5. The molecule has 128 valence electrons. The minimum absolute atomic E-state index is 0.117. The number of benzene rings is 1. The van der Waals surface area contributed by atoms with Crippen molar-refractivity contribution in [2.45, 2.75) is 6.92 Å². The van der Waals surface area contributed by atoms with E-state index in [1.165, 1.54) is 12.1 Å². The molecule has 0 aliphatic heterocycles. The molecule has 0 saturated carbocycles. The minimum Gasteiger partial charge on any atom is -0.461 e. The Morgan fingerprint density at radius 3 is 2.76 bits per heavy atom. The van der Waals surface area contributed by atoms with Gasteiger partial charge in [-0.3, -0.25) is 10.1 Å². The number of carbonyl (C=O) groups excluding carboxylic acids is 1. The fourth-order valence-corrected chi connectivity index (χ4v) is 2.52. The molecular weight excluding hydrogens is 326 g/mol. The molecule has 0 fully saturated rings. The lowest BCUT2D eigenvalue weighted by atomic mass is 10.2. The molecular formula is C17H15N3O5. The smallest absolute Gasteiger partial charge is 0.354 e. The van der Waals surface area contributed by atoms with Crippen molar-refractivity contribution >= 4 is 22.6 Å². The van der Waals surface area contributed by atoms with Crippen LogP contribution in [0.25, 0.3) is 10.9 Å². The van der Waals surface area contributed by atoms with Gasteiger partial charge in [0, 0.05) is 24.6 Å². The van der Waals surface area contributed by atoms with Crippen LogP contribution in [0.5, 0.6) is 11.6 Å². The highest BCUT2D eigenvalue weighted by Gasteiger charge is 2.17. The predicted molar refractivity (Wildman–Crippen MR) is 89.8 cm³/mol. The summed E-state index contributed by atoms with van der Waals surface area (Å²) in [4.78, 5) is 26.1. The van der Waals surface area contributed by atoms with Crippen molar-refractivity contribution in [2.24, 2.45) is 7.05 Å². The zero-order valence-electron chi connectivity index (χ0n) is 13.6. The van der Waals surface area contributed by atoms with E-state index in [-0.39, 0.29) is 18.2 Å². The van der Waals surface area contributed by atoms with Gasteiger partial charge in [0.2, 0.25) is 5.88 Å². The summed E-state index contributed by atoms with van der Waals surface area (Å²) in [6, 6.07) is 9.85. The first-order valence-electron chi connectivity index (χ1n) is 7.55. The summed E-state index contributed by atoms with van der Waals surface area (Å²) in [7, 11) is 1.74. The molecule has 2 heterocycles. The number of rotatable bonds is 5. The van der Waals surface area contributed by atoms with E-state index in [0.717, 1.165) is 11.6 Å². The molecule has 0 N–H and O–H groups in total. The fraction of sp³-hybridized carbons (Fsp3) is 0.176. The molecule has 0 atom stereocenters. The van der Waals surface area contributed by atoms with Crippen molar-refractivity contribution in [3.8, 4) is 11.6 Å². The van der Waals surface area contributed by atoms with Gasteiger partial charge in [-0.15, -0.1) is 0 Å². The second-order valence-corrected chi connectivity index (χ2v) is 5.22. The number of fused-ring (bicyclic) bond motifs is 1. The van der Waals surface area contributed by atoms with Crippen molar-refractivity contribution in [1.82, 2.24) is 9.55 Å². The van der Waals surface area contributed by atoms with E-state index in [1.807, 2.05) is 6.07 Å². The van der Waals surface area contributed by atoms with Gasteiger partial charge < -0.3 is 14.0 Å². The Labute approximate surface area is 142 Å². The van der Waals surface area contributed by atoms with Crippen molar-refractivity contribution in [3.05, 3.63) is 58.4 Å². The van der Waals surface area contributed by atoms with Gasteiger partial charge in [-0.1, -0.05) is 12.1 Å². The average Bonchev–Trinajstić information content (AvgIpc) is 2.94. The van der Waals surface area contributed by atoms with E-state index >= 15 is 0 Å². The molecule has 1 aromatic carbocycles. The van der Waals surface area contributed by atoms with Crippen molar-refractivity contribution < 1.29 is 19.2 Å². The third kappa shape index (κ3) is 3.14. The van der Waals surface area contributed by atoms with E-state index < -0.39 is 10.9 Å². The molecule has 2 aromatic heterocycles. The number of pyridine rings is 1. The fourth-order valence-electron chi connectivity index (χ4n) is 2.52. The molecule has 0 aliphatic carbocycles. The Morgan fingerprint density at radius 1 is 1.32 bits per heavy atom. The maximum absolute atomic E-state index is 12.0. The number of hydrogen-bond acceptors (Lipinski definition) is 6. The Morgan fingerprint density at radius 2 is 2.12 bits per heavy atom. The molecule has 3 rings (SSSR count). The Balaban J connectivity index is 1.99. The monoisotopic (exact) mass is 341 g/mol. The minimum atomic E-state index is -0.527. The van der Waals surface area contributed by atoms with Crippen LogP contribution < -0.4 is 4.74 Å². The van der Waals surface area contributed by atoms with E-state index in [2.05, 4.69) is 4.98 Å². The first-order valence-corrected chi connectivity index (χ1v) is 7.55. The van der Waals surface area contributed by atoms with Crippen LogP contribution in [-0.2, 0) is 11.8 Å². The maximum atomic E-state index is 12.0. The summed E-state index contributed by atoms with van der Waals surface area (Å²) in [6.45, 7) is 2.03. The maximum Gasteiger partial charge on any atom is 0.354 e. The molecule has 25 heavy (non-hydrogen) atoms. The number of nitro groups is 1. The zero-order valence-corrected chi connectivity index (χ0v) is 13.6. The van der Waals surface area contributed by atoms with Gasteiger partial charge in [-0.05, 0) is 19.1 Å². The van der Waals surface area contributed by atoms with Gasteiger partial charge in [0.1, 0.15) is 11.9 Å². The van der Waals surface area contributed by atoms with E-state index in [9.17, 15) is 14.9 Å². The average molecular weight is 341 g/mol. The lowest BCUT2D eigenvalue weighted by molar-refractivity contribution is -0.385. The molecule has 0 aliphatic rings. The number of nitrogens with zero attached hydrogens (tertiary/aromatic N) is 3. The molecule has 0 amide bonds. The normalized spacial score (nSPS) is 10.6. The van der Waals surface area contributed by atoms with Crippen LogP contribution in [0.2, 0.25) is 0 Å². The summed E-state index contributed by atoms with van der Waals surface area (Å²) in [5.74, 6) is 0.287. The molecule has 8 nitrogen and oxygen atoms in total. The number of hydrogen-bond donors (Lipinski definition) is 0. The molecule has 3 aromatic rings. The second kappa shape index (κ2) is 6.60. The molecule has 0 spiro atoms. The summed E-state index contributed by atoms with van der Waals surface area (Å²) in [5.41, 5.74) is 0.990. The first kappa shape index (κ1) is 16.4. The van der Waals surface area contributed by atoms with Gasteiger partial charge >= 0.3 is 5.97 Å². The standard InChI is InChI=1S/C17H15N3O5/c1-3-24-17(21)13-9-11-5-4-6-14(16(11)19(13)2)25-15-8-7-12(10-18-15)20(22)23/h4-10H,3H2,1-2H3. The summed E-state index contributed by atoms with van der Waals surface area (Å²) in [6.07, 6.45) is 1.13. The van der Waals surface area contributed by atoms with Gasteiger partial charge in [0.25, 0.3) is 5.69 Å². The third-order valence-corrected chi connectivity index (χ3v) is 3.65. The lowest BCUT2D eigenvalue weighted by Crippen LogP contribution is -2.09. The largest absolute Gasteiger partial charge is 0.461 e. The highest BCUT2D eigenvalue weighted by atomic mass is 16.6. The lowest BCUT2D eigenvalue weighted by Gasteiger charge is -2.09. The van der Waals surface area contributed by atoms with E-state index in [1.54, 1.807) is 36.7 Å². The van der Waals surface area contributed by atoms with Gasteiger partial charge in [-0.25, -0.2) is 9.78 Å². The Kier molecular flexibility index (Phi) is 4.34. The van der Waals surface area contributed by atoms with Crippen molar-refractivity contribution in [1.29, 1.82) is 0 Å². The van der Waals surface area contributed by atoms with Crippen molar-refractivity contribution in [3.63, 3.8) is 0 Å². The molecule has 0 bridgehead atoms. The predicted octanol–water partition coefficient (Wildman–Crippen LogP) is 3.45. The number of ether oxygens (including phenoxy) is 2. The van der Waals surface area contributed by atoms with Crippen LogP contribution in [0.1, 0.15) is 17.4 Å². The second-order valence-electron chi connectivity index (χ2n) is 5.22. The van der Waals surface area contributed by atoms with Gasteiger partial charge in [0.15, 0.2) is 5.75 Å². The quantitative estimate of drug-likeness (QED) is 0.400. The number of para-hydroxylation sites is 1. The van der Waals surface area contributed by atoms with Gasteiger partial charge in [0.05, 0.1) is 17.0 Å². The highest BCUT2D eigenvalue weighted by Crippen LogP contribution is 2.31. The Hall–Kier alpha value is -3.42. The van der Waals surface area contributed by atoms with E-state index in [0.29, 0.717) is 17.0 Å². The zero-order chi connectivity index (χ0) is 18.0. The van der Waals surface area contributed by atoms with Gasteiger partial charge in [-0.2, -0.15) is 0 Å². The number of aromatic nitrogens is 2. The molecule has 0 radical (unpaired) electrons. The Bertz CT molecular complexity index is 947. The first-order chi connectivity index (χ1) is 12.0. The third-order valence-electron chi connectivity index (χ3n) is 3.65. The van der Waals surface area contributed by atoms with Crippen LogP contribution in [0.15, 0.2) is 42.6 Å². The van der Waals surface area contributed by atoms with Crippen LogP contribution in [0.4, 0.5) is 5.69 Å². The number of aryl methyl sites for hydroxylation is 1. The molecule has 0 saturated heterocycles. The van der Waals surface area contributed by atoms with Crippen LogP contribution in [0, 0.1) is 10.1 Å². The van der Waals surface area contributed by atoms with Crippen LogP contribution >= 0.6 is 0 Å². The summed E-state index contributed by atoms with van der Waals surface area (Å²) in [5, 5.41) is 11.5. The molecule has 0 unspecified atom stereocenters. The number of esters is 1. The van der Waals surface area contributed by atoms with Crippen LogP contribution in [0.3, 0.4) is 0 Å². The van der Waals surface area contributed by atoms with Crippen LogP contribution in [-0.4, -0.2) is 27.1 Å². The molecule has 8 heteroatoms. The van der Waals surface area contributed by atoms with E-state index in [4.69, 9.17) is 9.47 Å². The van der Waals surface area contributed by atoms with Crippen molar-refractivity contribution in [2.75, 3.05) is 6.61 Å². The SMILES string of the molecule is CCOC(=O)c1cc2cccc(Oc3ccc([N+](=O)[O-])cn3)c2n1C. The highest BCUT2D eigenvalue weighted by molar-refractivity contribution is 5.97. The summed E-state index contributed by atoms with van der Waals surface area (Å²) >= 11 is 0. The topological polar surface area (TPSA) is 96.5 Å². The number of carbonyl (C=O) groups is 1.